The number of carboxylic acid groups (broad SMARTS) is 1. The number of aryl methyl sites for hydroxylation is 1. The fraction of sp³-hybridized carbons (Fsp3) is 0.417. The van der Waals surface area contributed by atoms with Crippen molar-refractivity contribution in [1.29, 1.82) is 0 Å². The zero-order valence-electron chi connectivity index (χ0n) is 26.7. The zero-order chi connectivity index (χ0) is 32.6. The van der Waals surface area contributed by atoms with Crippen LogP contribution in [0.5, 0.6) is 0 Å². The van der Waals surface area contributed by atoms with Gasteiger partial charge in [0, 0.05) is 5.56 Å². The highest BCUT2D eigenvalue weighted by atomic mass is 32.2. The summed E-state index contributed by atoms with van der Waals surface area (Å²) in [5.74, 6) is -1.51. The molecular formula is C36H44N2O6S. The van der Waals surface area contributed by atoms with E-state index in [1.807, 2.05) is 94.6 Å². The summed E-state index contributed by atoms with van der Waals surface area (Å²) in [7, 11) is 0. The van der Waals surface area contributed by atoms with Crippen LogP contribution in [-0.2, 0) is 24.7 Å². The third-order valence-electron chi connectivity index (χ3n) is 7.92. The summed E-state index contributed by atoms with van der Waals surface area (Å²) in [6.07, 6.45) is 2.42. The molecule has 1 amide bonds. The number of ether oxygens (including phenoxy) is 2. The molecule has 0 aliphatic carbocycles. The minimum atomic E-state index is -1.09. The molecule has 8 nitrogen and oxygen atoms in total. The Balaban J connectivity index is 1.83. The van der Waals surface area contributed by atoms with E-state index in [1.165, 1.54) is 11.8 Å². The Labute approximate surface area is 270 Å². The van der Waals surface area contributed by atoms with Crippen LogP contribution in [0.25, 0.3) is 11.1 Å². The number of carbonyl (C=O) groups excluding carboxylic acids is 2. The van der Waals surface area contributed by atoms with Gasteiger partial charge in [-0.25, -0.2) is 9.59 Å². The number of hydrogen-bond acceptors (Lipinski definition) is 7. The quantitative estimate of drug-likeness (QED) is 0.200. The smallest absolute Gasteiger partial charge is 0.340 e. The molecular weight excluding hydrogens is 588 g/mol. The number of amides is 1. The summed E-state index contributed by atoms with van der Waals surface area (Å²) in [4.78, 5) is 39.6. The van der Waals surface area contributed by atoms with Crippen molar-refractivity contribution < 1.29 is 29.0 Å². The van der Waals surface area contributed by atoms with Crippen LogP contribution < -0.4 is 10.6 Å². The molecule has 240 valence electrons. The van der Waals surface area contributed by atoms with Gasteiger partial charge in [0.1, 0.15) is 11.6 Å². The number of carbonyl (C=O) groups is 3. The second-order valence-electron chi connectivity index (χ2n) is 12.4. The summed E-state index contributed by atoms with van der Waals surface area (Å²) in [6, 6.07) is 21.8. The van der Waals surface area contributed by atoms with Crippen molar-refractivity contribution in [3.05, 3.63) is 95.1 Å². The normalized spacial score (nSPS) is 15.9. The van der Waals surface area contributed by atoms with E-state index < -0.39 is 41.2 Å². The van der Waals surface area contributed by atoms with Gasteiger partial charge in [-0.15, -0.1) is 0 Å². The molecule has 1 aliphatic rings. The van der Waals surface area contributed by atoms with Crippen LogP contribution in [0.3, 0.4) is 0 Å². The highest BCUT2D eigenvalue weighted by molar-refractivity contribution is 7.98. The number of benzene rings is 3. The van der Waals surface area contributed by atoms with Crippen molar-refractivity contribution in [3.8, 4) is 11.1 Å². The molecule has 1 saturated heterocycles. The van der Waals surface area contributed by atoms with Gasteiger partial charge < -0.3 is 25.2 Å². The molecule has 3 aromatic rings. The summed E-state index contributed by atoms with van der Waals surface area (Å²) in [5, 5.41) is 15.9. The third kappa shape index (κ3) is 8.75. The van der Waals surface area contributed by atoms with Crippen molar-refractivity contribution in [1.82, 2.24) is 10.6 Å². The topological polar surface area (TPSA) is 114 Å². The summed E-state index contributed by atoms with van der Waals surface area (Å²) in [6.45, 7) is 8.86. The van der Waals surface area contributed by atoms with Crippen molar-refractivity contribution in [2.24, 2.45) is 0 Å². The van der Waals surface area contributed by atoms with E-state index in [-0.39, 0.29) is 0 Å². The molecule has 1 aliphatic heterocycles. The second kappa shape index (κ2) is 15.1. The standard InChI is InChI=1S/C36H44N2O6S/c1-24-11-9-10-14-27(24)29-23-25(15-16-28(29)32(39)38-30(33(40)41)17-22-45-5)31(34(42)44-35(2,3)4)43-36(18-20-37-21-19-36)26-12-7-6-8-13-26/h6-16,23,30-31,37H,17-22H2,1-5H3,(H,38,39)(H,40,41). The maximum absolute atomic E-state index is 14.0. The van der Waals surface area contributed by atoms with E-state index in [4.69, 9.17) is 9.47 Å². The lowest BCUT2D eigenvalue weighted by Crippen LogP contribution is -2.44. The Kier molecular flexibility index (Phi) is 11.5. The van der Waals surface area contributed by atoms with E-state index in [1.54, 1.807) is 12.1 Å². The maximum atomic E-state index is 14.0. The fourth-order valence-electron chi connectivity index (χ4n) is 5.63. The number of nitrogens with one attached hydrogen (secondary N) is 2. The molecule has 3 aromatic carbocycles. The highest BCUT2D eigenvalue weighted by Crippen LogP contribution is 2.41. The molecule has 2 atom stereocenters. The van der Waals surface area contributed by atoms with Crippen molar-refractivity contribution in [2.45, 2.75) is 70.3 Å². The van der Waals surface area contributed by atoms with E-state index in [2.05, 4.69) is 10.6 Å². The number of rotatable bonds is 12. The molecule has 9 heteroatoms. The predicted octanol–water partition coefficient (Wildman–Crippen LogP) is 6.28. The first-order valence-electron chi connectivity index (χ1n) is 15.3. The van der Waals surface area contributed by atoms with Crippen molar-refractivity contribution in [2.75, 3.05) is 25.1 Å². The molecule has 0 bridgehead atoms. The largest absolute Gasteiger partial charge is 0.480 e. The van der Waals surface area contributed by atoms with Crippen LogP contribution >= 0.6 is 11.8 Å². The molecule has 0 radical (unpaired) electrons. The lowest BCUT2D eigenvalue weighted by molar-refractivity contribution is -0.187. The van der Waals surface area contributed by atoms with Gasteiger partial charge in [0.25, 0.3) is 5.91 Å². The first-order valence-corrected chi connectivity index (χ1v) is 16.7. The zero-order valence-corrected chi connectivity index (χ0v) is 27.5. The summed E-state index contributed by atoms with van der Waals surface area (Å²) in [5.41, 5.74) is 2.65. The first-order chi connectivity index (χ1) is 21.4. The summed E-state index contributed by atoms with van der Waals surface area (Å²) < 4.78 is 12.8. The minimum Gasteiger partial charge on any atom is -0.480 e. The van der Waals surface area contributed by atoms with Crippen LogP contribution in [-0.4, -0.2) is 59.7 Å². The Morgan fingerprint density at radius 1 is 0.978 bits per heavy atom. The number of carboxylic acids is 1. The Hall–Kier alpha value is -3.66. The summed E-state index contributed by atoms with van der Waals surface area (Å²) >= 11 is 1.52. The van der Waals surface area contributed by atoms with Crippen LogP contribution in [0.1, 0.15) is 73.2 Å². The number of hydrogen-bond donors (Lipinski definition) is 3. The van der Waals surface area contributed by atoms with Crippen molar-refractivity contribution in [3.63, 3.8) is 0 Å². The molecule has 0 aromatic heterocycles. The molecule has 0 saturated carbocycles. The van der Waals surface area contributed by atoms with Crippen LogP contribution in [0.15, 0.2) is 72.8 Å². The number of aliphatic carboxylic acids is 1. The monoisotopic (exact) mass is 632 g/mol. The van der Waals surface area contributed by atoms with Gasteiger partial charge in [-0.05, 0) is 112 Å². The molecule has 4 rings (SSSR count). The number of esters is 1. The van der Waals surface area contributed by atoms with Gasteiger partial charge in [0.15, 0.2) is 6.10 Å². The molecule has 1 heterocycles. The van der Waals surface area contributed by atoms with Gasteiger partial charge in [-0.3, -0.25) is 4.79 Å². The first kappa shape index (κ1) is 34.2. The Morgan fingerprint density at radius 2 is 1.64 bits per heavy atom. The van der Waals surface area contributed by atoms with Crippen LogP contribution in [0.2, 0.25) is 0 Å². The lowest BCUT2D eigenvalue weighted by Gasteiger charge is -2.41. The predicted molar refractivity (Wildman–Crippen MR) is 178 cm³/mol. The molecule has 3 N–H and O–H groups in total. The third-order valence-corrected chi connectivity index (χ3v) is 8.56. The van der Waals surface area contributed by atoms with E-state index in [0.29, 0.717) is 41.7 Å². The molecule has 45 heavy (non-hydrogen) atoms. The van der Waals surface area contributed by atoms with Gasteiger partial charge in [0.05, 0.1) is 5.60 Å². The lowest BCUT2D eigenvalue weighted by atomic mass is 9.84. The van der Waals surface area contributed by atoms with Crippen LogP contribution in [0.4, 0.5) is 0 Å². The van der Waals surface area contributed by atoms with Crippen LogP contribution in [0, 0.1) is 6.92 Å². The van der Waals surface area contributed by atoms with Gasteiger partial charge in [-0.2, -0.15) is 11.8 Å². The maximum Gasteiger partial charge on any atom is 0.340 e. The minimum absolute atomic E-state index is 0.297. The highest BCUT2D eigenvalue weighted by Gasteiger charge is 2.41. The SMILES string of the molecule is CSCCC(NC(=O)c1ccc(C(OC2(c3ccccc3)CCNCC2)C(=O)OC(C)(C)C)cc1-c1ccccc1C)C(=O)O. The average molecular weight is 633 g/mol. The van der Waals surface area contributed by atoms with E-state index >= 15 is 0 Å². The van der Waals surface area contributed by atoms with E-state index in [9.17, 15) is 19.5 Å². The molecule has 1 fully saturated rings. The number of piperidine rings is 1. The fourth-order valence-corrected chi connectivity index (χ4v) is 6.10. The van der Waals surface area contributed by atoms with Gasteiger partial charge in [-0.1, -0.05) is 60.7 Å². The van der Waals surface area contributed by atoms with Crippen molar-refractivity contribution >= 4 is 29.6 Å². The average Bonchev–Trinajstić information content (AvgIpc) is 3.01. The van der Waals surface area contributed by atoms with E-state index in [0.717, 1.165) is 29.8 Å². The molecule has 0 spiro atoms. The van der Waals surface area contributed by atoms with Gasteiger partial charge >= 0.3 is 11.9 Å². The van der Waals surface area contributed by atoms with Gasteiger partial charge in [0.2, 0.25) is 0 Å². The molecule has 2 unspecified atom stereocenters. The Bertz CT molecular complexity index is 1480. The second-order valence-corrected chi connectivity index (χ2v) is 13.4. The Morgan fingerprint density at radius 3 is 2.27 bits per heavy atom. The number of thioether (sulfide) groups is 1.